The van der Waals surface area contributed by atoms with Crippen LogP contribution in [-0.2, 0) is 5.41 Å². The van der Waals surface area contributed by atoms with Gasteiger partial charge in [0.1, 0.15) is 0 Å². The fourth-order valence-electron chi connectivity index (χ4n) is 13.7. The highest BCUT2D eigenvalue weighted by atomic mass is 32.1. The molecule has 4 fully saturated rings. The van der Waals surface area contributed by atoms with E-state index in [2.05, 4.69) is 181 Å². The predicted octanol–water partition coefficient (Wildman–Crippen LogP) is 15.0. The first kappa shape index (κ1) is 31.2. The largest absolute Gasteiger partial charge is 0.308 e. The lowest BCUT2D eigenvalue weighted by Gasteiger charge is -2.92. The summed E-state index contributed by atoms with van der Waals surface area (Å²) in [7, 11) is 0. The fraction of sp³-hybridized carbons (Fsp3) is 0.164. The van der Waals surface area contributed by atoms with Crippen LogP contribution in [0.3, 0.4) is 0 Å². The van der Waals surface area contributed by atoms with E-state index < -0.39 is 0 Å². The first-order chi connectivity index (χ1) is 28.3. The van der Waals surface area contributed by atoms with Gasteiger partial charge in [0.15, 0.2) is 0 Å². The van der Waals surface area contributed by atoms with Crippen molar-refractivity contribution in [2.45, 2.75) is 24.7 Å². The number of thiophene rings is 1. The number of nitrogens with zero attached hydrogens (tertiary/aromatic N) is 1. The molecule has 9 aromatic rings. The molecule has 8 aromatic carbocycles. The number of para-hydroxylation sites is 1. The summed E-state index contributed by atoms with van der Waals surface area (Å²) in [5, 5.41) is 5.20. The minimum atomic E-state index is 0.143. The molecule has 270 valence electrons. The van der Waals surface area contributed by atoms with Crippen LogP contribution >= 0.6 is 11.3 Å². The first-order valence-electron chi connectivity index (χ1n) is 20.9. The molecule has 5 aliphatic rings. The molecule has 4 atom stereocenters. The van der Waals surface area contributed by atoms with Gasteiger partial charge in [0.05, 0.1) is 16.1 Å². The van der Waals surface area contributed by atoms with Gasteiger partial charge in [-0.2, -0.15) is 0 Å². The molecule has 0 N–H and O–H groups in total. The van der Waals surface area contributed by atoms with Crippen LogP contribution in [0.4, 0.5) is 17.1 Å². The summed E-state index contributed by atoms with van der Waals surface area (Å²) < 4.78 is 2.66. The SMILES string of the molecule is c1ccc(-c2cccc3cccc(-c4ccccc4N(c4ccc5c(c4)C4(c6ccccc6-5)C5CC6CC7CC4C675)c4cccc5c4sc4ccccc45)c23)cc1. The van der Waals surface area contributed by atoms with E-state index >= 15 is 0 Å². The molecule has 0 aliphatic heterocycles. The zero-order valence-corrected chi connectivity index (χ0v) is 32.3. The zero-order valence-electron chi connectivity index (χ0n) is 31.5. The Morgan fingerprint density at radius 3 is 1.96 bits per heavy atom. The second-order valence-electron chi connectivity index (χ2n) is 17.5. The van der Waals surface area contributed by atoms with Crippen LogP contribution in [0.2, 0.25) is 0 Å². The quantitative estimate of drug-likeness (QED) is 0.170. The highest BCUT2D eigenvalue weighted by Gasteiger charge is 2.90. The van der Waals surface area contributed by atoms with Gasteiger partial charge in [0, 0.05) is 32.1 Å². The van der Waals surface area contributed by atoms with Gasteiger partial charge in [0.25, 0.3) is 0 Å². The summed E-state index contributed by atoms with van der Waals surface area (Å²) in [6, 6.07) is 66.6. The Labute approximate surface area is 336 Å². The van der Waals surface area contributed by atoms with Gasteiger partial charge in [-0.1, -0.05) is 146 Å². The van der Waals surface area contributed by atoms with Gasteiger partial charge in [-0.05, 0) is 128 Å². The van der Waals surface area contributed by atoms with Crippen LogP contribution in [0, 0.1) is 29.1 Å². The monoisotopic (exact) mass is 745 g/mol. The highest BCUT2D eigenvalue weighted by molar-refractivity contribution is 7.26. The Bertz CT molecular complexity index is 3140. The van der Waals surface area contributed by atoms with Crippen LogP contribution in [0.25, 0.3) is 64.3 Å². The molecule has 57 heavy (non-hydrogen) atoms. The molecule has 0 saturated heterocycles. The summed E-state index contributed by atoms with van der Waals surface area (Å²) >= 11 is 1.92. The van der Waals surface area contributed by atoms with E-state index in [9.17, 15) is 0 Å². The Kier molecular flexibility index (Phi) is 5.96. The van der Waals surface area contributed by atoms with Gasteiger partial charge in [-0.25, -0.2) is 0 Å². The van der Waals surface area contributed by atoms with Crippen LogP contribution in [0.5, 0.6) is 0 Å². The molecule has 1 heterocycles. The van der Waals surface area contributed by atoms with Crippen LogP contribution in [0.1, 0.15) is 30.4 Å². The lowest BCUT2D eigenvalue weighted by atomic mass is 9.11. The van der Waals surface area contributed by atoms with Crippen molar-refractivity contribution in [3.8, 4) is 33.4 Å². The minimum Gasteiger partial charge on any atom is -0.308 e. The van der Waals surface area contributed by atoms with Crippen molar-refractivity contribution in [1.82, 2.24) is 0 Å². The van der Waals surface area contributed by atoms with Crippen molar-refractivity contribution >= 4 is 59.3 Å². The van der Waals surface area contributed by atoms with Crippen molar-refractivity contribution < 1.29 is 0 Å². The Morgan fingerprint density at radius 2 is 1.12 bits per heavy atom. The topological polar surface area (TPSA) is 3.24 Å². The van der Waals surface area contributed by atoms with Crippen molar-refractivity contribution in [3.05, 3.63) is 187 Å². The lowest BCUT2D eigenvalue weighted by Crippen LogP contribution is -2.88. The summed E-state index contributed by atoms with van der Waals surface area (Å²) in [6.45, 7) is 0. The number of anilines is 3. The smallest absolute Gasteiger partial charge is 0.0640 e. The maximum absolute atomic E-state index is 2.66. The van der Waals surface area contributed by atoms with Gasteiger partial charge >= 0.3 is 0 Å². The molecule has 5 aliphatic carbocycles. The van der Waals surface area contributed by atoms with Crippen LogP contribution < -0.4 is 4.90 Å². The molecular weight excluding hydrogens is 707 g/mol. The Balaban J connectivity index is 1.04. The van der Waals surface area contributed by atoms with Crippen molar-refractivity contribution in [2.75, 3.05) is 4.90 Å². The maximum Gasteiger partial charge on any atom is 0.0640 e. The number of hydrogen-bond donors (Lipinski definition) is 0. The third-order valence-electron chi connectivity index (χ3n) is 15.7. The minimum absolute atomic E-state index is 0.143. The average Bonchev–Trinajstić information content (AvgIpc) is 3.77. The van der Waals surface area contributed by atoms with E-state index in [1.54, 1.807) is 11.1 Å². The van der Waals surface area contributed by atoms with E-state index in [1.165, 1.54) is 101 Å². The van der Waals surface area contributed by atoms with Gasteiger partial charge in [-0.3, -0.25) is 0 Å². The van der Waals surface area contributed by atoms with E-state index in [1.807, 2.05) is 11.3 Å². The molecule has 1 aromatic heterocycles. The second-order valence-corrected chi connectivity index (χ2v) is 18.6. The molecule has 4 saturated carbocycles. The summed E-state index contributed by atoms with van der Waals surface area (Å²) in [5.41, 5.74) is 15.6. The third-order valence-corrected chi connectivity index (χ3v) is 17.0. The Morgan fingerprint density at radius 1 is 0.474 bits per heavy atom. The Hall–Kier alpha value is -5.96. The van der Waals surface area contributed by atoms with Crippen molar-refractivity contribution in [1.29, 1.82) is 0 Å². The van der Waals surface area contributed by atoms with Gasteiger partial charge in [0.2, 0.25) is 0 Å². The van der Waals surface area contributed by atoms with Crippen LogP contribution in [-0.4, -0.2) is 0 Å². The van der Waals surface area contributed by atoms with Gasteiger partial charge in [-0.15, -0.1) is 11.3 Å². The summed E-state index contributed by atoms with van der Waals surface area (Å²) in [4.78, 5) is 2.62. The lowest BCUT2D eigenvalue weighted by molar-refractivity contribution is -0.412. The van der Waals surface area contributed by atoms with E-state index in [0.717, 1.165) is 23.7 Å². The average molecular weight is 746 g/mol. The van der Waals surface area contributed by atoms with Crippen LogP contribution in [0.15, 0.2) is 176 Å². The number of benzene rings is 8. The van der Waals surface area contributed by atoms with Gasteiger partial charge < -0.3 is 4.90 Å². The highest BCUT2D eigenvalue weighted by Crippen LogP contribution is 2.94. The number of rotatable bonds is 5. The molecule has 1 nitrogen and oxygen atoms in total. The summed E-state index contributed by atoms with van der Waals surface area (Å²) in [5.74, 6) is 3.52. The maximum atomic E-state index is 2.66. The normalized spacial score (nSPS) is 25.5. The number of fused-ring (bicyclic) bond motifs is 11. The molecule has 2 spiro atoms. The van der Waals surface area contributed by atoms with Crippen molar-refractivity contribution in [2.24, 2.45) is 29.1 Å². The third kappa shape index (κ3) is 3.64. The standard InChI is InChI=1S/C55H39NS/c1-2-13-33(14-3-1)38-20-10-15-34-16-11-21-43(52(34)38)41-18-5-8-24-47(41)56(48-25-12-22-44-42-19-6-9-26-49(42)57-53(44)48)37-27-28-40-39-17-4-7-23-45(39)55(46(40)32-37)50-30-35-29-36-31-51(55)54(35,36)50/h1-28,32,35-36,50-51H,29-31H2. The van der Waals surface area contributed by atoms with Crippen molar-refractivity contribution in [3.63, 3.8) is 0 Å². The summed E-state index contributed by atoms with van der Waals surface area (Å²) in [6.07, 6.45) is 4.30. The fourth-order valence-corrected chi connectivity index (χ4v) is 14.9. The number of hydrogen-bond acceptors (Lipinski definition) is 2. The molecule has 0 amide bonds. The molecule has 0 radical (unpaired) electrons. The zero-order chi connectivity index (χ0) is 37.0. The van der Waals surface area contributed by atoms with E-state index in [4.69, 9.17) is 0 Å². The molecule has 14 rings (SSSR count). The first-order valence-corrected chi connectivity index (χ1v) is 21.7. The predicted molar refractivity (Wildman–Crippen MR) is 239 cm³/mol. The van der Waals surface area contributed by atoms with E-state index in [-0.39, 0.29) is 5.41 Å². The molecular formula is C55H39NS. The second kappa shape index (κ2) is 10.9. The molecule has 0 bridgehead atoms. The molecule has 2 heteroatoms. The molecule has 4 unspecified atom stereocenters. The van der Waals surface area contributed by atoms with E-state index in [0.29, 0.717) is 5.41 Å².